The molecule has 0 fully saturated rings. The van der Waals surface area contributed by atoms with Crippen LogP contribution in [0.15, 0.2) is 12.1 Å². The zero-order chi connectivity index (χ0) is 12.2. The first-order valence-corrected chi connectivity index (χ1v) is 5.05. The third-order valence-electron chi connectivity index (χ3n) is 3.05. The number of carboxylic acid groups (broad SMARTS) is 1. The van der Waals surface area contributed by atoms with Crippen molar-refractivity contribution in [2.45, 2.75) is 13.1 Å². The summed E-state index contributed by atoms with van der Waals surface area (Å²) in [6, 6.07) is 3.21. The van der Waals surface area contributed by atoms with Gasteiger partial charge in [0.1, 0.15) is 0 Å². The summed E-state index contributed by atoms with van der Waals surface area (Å²) in [7, 11) is 0. The Morgan fingerprint density at radius 2 is 1.59 bits per heavy atom. The number of fused-ring (bicyclic) bond motifs is 2. The summed E-state index contributed by atoms with van der Waals surface area (Å²) in [6.45, 7) is 0.527. The van der Waals surface area contributed by atoms with Crippen molar-refractivity contribution in [3.8, 4) is 0 Å². The van der Waals surface area contributed by atoms with Crippen LogP contribution in [0, 0.1) is 0 Å². The average molecular weight is 232 g/mol. The molecule has 1 aromatic rings. The minimum Gasteiger partial charge on any atom is -0.465 e. The highest BCUT2D eigenvalue weighted by Gasteiger charge is 2.31. The Kier molecular flexibility index (Phi) is 1.77. The number of nitrogens with zero attached hydrogens (tertiary/aromatic N) is 1. The maximum atomic E-state index is 11.4. The van der Waals surface area contributed by atoms with Gasteiger partial charge in [-0.25, -0.2) is 4.79 Å². The first kappa shape index (κ1) is 9.83. The molecule has 0 aliphatic carbocycles. The van der Waals surface area contributed by atoms with Crippen LogP contribution < -0.4 is 5.32 Å². The van der Waals surface area contributed by atoms with E-state index in [9.17, 15) is 14.4 Å². The Labute approximate surface area is 95.8 Å². The number of carbonyl (C=O) groups excluding carboxylic acids is 2. The van der Waals surface area contributed by atoms with E-state index in [-0.39, 0.29) is 13.1 Å². The van der Waals surface area contributed by atoms with Crippen LogP contribution >= 0.6 is 0 Å². The van der Waals surface area contributed by atoms with E-state index < -0.39 is 17.9 Å². The number of benzene rings is 1. The SMILES string of the molecule is O=C1NC(=O)c2cc3c(cc21)CN(C(=O)O)C3. The number of carbonyl (C=O) groups is 3. The molecule has 0 spiro atoms. The van der Waals surface area contributed by atoms with Crippen molar-refractivity contribution in [2.24, 2.45) is 0 Å². The van der Waals surface area contributed by atoms with Gasteiger partial charge in [0.15, 0.2) is 0 Å². The number of imide groups is 1. The fourth-order valence-electron chi connectivity index (χ4n) is 2.20. The molecule has 0 unspecified atom stereocenters. The highest BCUT2D eigenvalue weighted by atomic mass is 16.4. The smallest absolute Gasteiger partial charge is 0.407 e. The highest BCUT2D eigenvalue weighted by Crippen LogP contribution is 2.28. The van der Waals surface area contributed by atoms with Gasteiger partial charge in [0.25, 0.3) is 11.8 Å². The van der Waals surface area contributed by atoms with Gasteiger partial charge in [0, 0.05) is 13.1 Å². The molecule has 0 aromatic heterocycles. The second-order valence-electron chi connectivity index (χ2n) is 4.09. The Morgan fingerprint density at radius 3 is 2.00 bits per heavy atom. The van der Waals surface area contributed by atoms with Gasteiger partial charge in [-0.3, -0.25) is 19.8 Å². The lowest BCUT2D eigenvalue weighted by atomic mass is 10.0. The van der Waals surface area contributed by atoms with Crippen LogP contribution in [0.3, 0.4) is 0 Å². The van der Waals surface area contributed by atoms with E-state index >= 15 is 0 Å². The third kappa shape index (κ3) is 1.30. The Morgan fingerprint density at radius 1 is 1.12 bits per heavy atom. The number of hydrogen-bond acceptors (Lipinski definition) is 3. The van der Waals surface area contributed by atoms with Crippen LogP contribution in [-0.2, 0) is 13.1 Å². The summed E-state index contributed by atoms with van der Waals surface area (Å²) < 4.78 is 0. The van der Waals surface area contributed by atoms with E-state index in [2.05, 4.69) is 5.32 Å². The standard InChI is InChI=1S/C11H8N2O4/c14-9-7-1-5-3-13(11(16)17)4-6(5)2-8(7)10(15)12-9/h1-2H,3-4H2,(H,16,17)(H,12,14,15). The van der Waals surface area contributed by atoms with Crippen molar-refractivity contribution in [3.63, 3.8) is 0 Å². The van der Waals surface area contributed by atoms with Gasteiger partial charge < -0.3 is 5.11 Å². The molecule has 3 rings (SSSR count). The lowest BCUT2D eigenvalue weighted by molar-refractivity contribution is 0.0879. The van der Waals surface area contributed by atoms with Crippen molar-refractivity contribution >= 4 is 17.9 Å². The van der Waals surface area contributed by atoms with Gasteiger partial charge in [0.05, 0.1) is 11.1 Å². The molecular formula is C11H8N2O4. The number of rotatable bonds is 0. The quantitative estimate of drug-likeness (QED) is 0.640. The lowest BCUT2D eigenvalue weighted by Crippen LogP contribution is -2.23. The normalized spacial score (nSPS) is 16.8. The molecule has 0 saturated heterocycles. The molecule has 0 radical (unpaired) electrons. The molecule has 0 bridgehead atoms. The summed E-state index contributed by atoms with van der Waals surface area (Å²) in [5, 5.41) is 11.1. The zero-order valence-electron chi connectivity index (χ0n) is 8.69. The molecule has 2 N–H and O–H groups in total. The van der Waals surface area contributed by atoms with Crippen LogP contribution in [-0.4, -0.2) is 27.9 Å². The Hall–Kier alpha value is -2.37. The molecule has 0 atom stereocenters. The molecule has 86 valence electrons. The van der Waals surface area contributed by atoms with Gasteiger partial charge in [-0.05, 0) is 23.3 Å². The van der Waals surface area contributed by atoms with Gasteiger partial charge >= 0.3 is 6.09 Å². The Balaban J connectivity index is 2.07. The molecule has 2 aliphatic rings. The first-order chi connectivity index (χ1) is 8.06. The van der Waals surface area contributed by atoms with Gasteiger partial charge in [-0.1, -0.05) is 0 Å². The predicted molar refractivity (Wildman–Crippen MR) is 55.5 cm³/mol. The second kappa shape index (κ2) is 3.07. The monoisotopic (exact) mass is 232 g/mol. The van der Waals surface area contributed by atoms with Crippen molar-refractivity contribution in [3.05, 3.63) is 34.4 Å². The minimum atomic E-state index is -1.00. The predicted octanol–water partition coefficient (Wildman–Crippen LogP) is 0.564. The van der Waals surface area contributed by atoms with Gasteiger partial charge in [0.2, 0.25) is 0 Å². The first-order valence-electron chi connectivity index (χ1n) is 5.05. The minimum absolute atomic E-state index is 0.263. The van der Waals surface area contributed by atoms with Crippen LogP contribution in [0.25, 0.3) is 0 Å². The van der Waals surface area contributed by atoms with Crippen molar-refractivity contribution in [1.29, 1.82) is 0 Å². The van der Waals surface area contributed by atoms with E-state index in [1.807, 2.05) is 0 Å². The van der Waals surface area contributed by atoms with Crippen LogP contribution in [0.1, 0.15) is 31.8 Å². The van der Waals surface area contributed by atoms with E-state index in [1.165, 1.54) is 4.90 Å². The molecule has 6 nitrogen and oxygen atoms in total. The van der Waals surface area contributed by atoms with Crippen molar-refractivity contribution in [2.75, 3.05) is 0 Å². The molecule has 2 aliphatic heterocycles. The molecule has 0 saturated carbocycles. The lowest BCUT2D eigenvalue weighted by Gasteiger charge is -2.08. The van der Waals surface area contributed by atoms with Crippen LogP contribution in [0.5, 0.6) is 0 Å². The fourth-order valence-corrected chi connectivity index (χ4v) is 2.20. The van der Waals surface area contributed by atoms with E-state index in [0.29, 0.717) is 11.1 Å². The van der Waals surface area contributed by atoms with Crippen molar-refractivity contribution < 1.29 is 19.5 Å². The third-order valence-corrected chi connectivity index (χ3v) is 3.05. The largest absolute Gasteiger partial charge is 0.465 e. The molecular weight excluding hydrogens is 224 g/mol. The van der Waals surface area contributed by atoms with Crippen LogP contribution in [0.4, 0.5) is 4.79 Å². The number of hydrogen-bond donors (Lipinski definition) is 2. The summed E-state index contributed by atoms with van der Waals surface area (Å²) in [5.74, 6) is -0.830. The summed E-state index contributed by atoms with van der Waals surface area (Å²) >= 11 is 0. The van der Waals surface area contributed by atoms with E-state index in [4.69, 9.17) is 5.11 Å². The maximum Gasteiger partial charge on any atom is 0.407 e. The van der Waals surface area contributed by atoms with Crippen molar-refractivity contribution in [1.82, 2.24) is 10.2 Å². The number of nitrogens with one attached hydrogen (secondary N) is 1. The zero-order valence-corrected chi connectivity index (χ0v) is 8.69. The summed E-state index contributed by atoms with van der Waals surface area (Å²) in [5.41, 5.74) is 2.24. The van der Waals surface area contributed by atoms with Gasteiger partial charge in [-0.2, -0.15) is 0 Å². The highest BCUT2D eigenvalue weighted by molar-refractivity contribution is 6.21. The molecule has 6 heteroatoms. The Bertz CT molecular complexity index is 536. The maximum absolute atomic E-state index is 11.4. The molecule has 2 heterocycles. The molecule has 1 aromatic carbocycles. The summed E-state index contributed by atoms with van der Waals surface area (Å²) in [6.07, 6.45) is -1.00. The average Bonchev–Trinajstić information content (AvgIpc) is 2.79. The fraction of sp³-hybridized carbons (Fsp3) is 0.182. The van der Waals surface area contributed by atoms with E-state index in [0.717, 1.165) is 11.1 Å². The molecule has 17 heavy (non-hydrogen) atoms. The van der Waals surface area contributed by atoms with Crippen LogP contribution in [0.2, 0.25) is 0 Å². The second-order valence-corrected chi connectivity index (χ2v) is 4.09. The van der Waals surface area contributed by atoms with E-state index in [1.54, 1.807) is 12.1 Å². The summed E-state index contributed by atoms with van der Waals surface area (Å²) in [4.78, 5) is 34.9. The number of amides is 3. The molecule has 3 amide bonds. The van der Waals surface area contributed by atoms with Gasteiger partial charge in [-0.15, -0.1) is 0 Å². The topological polar surface area (TPSA) is 86.7 Å².